The Kier molecular flexibility index (Phi) is 15.7. The number of hydrogen-bond donors (Lipinski definition) is 1. The fraction of sp³-hybridized carbons (Fsp3) is 0.758. The third-order valence-corrected chi connectivity index (χ3v) is 14.5. The number of hydrogen-bond acceptors (Lipinski definition) is 1. The van der Waals surface area contributed by atoms with E-state index in [4.69, 9.17) is 5.73 Å². The van der Waals surface area contributed by atoms with Gasteiger partial charge in [0.25, 0.3) is 0 Å². The van der Waals surface area contributed by atoms with Gasteiger partial charge in [0.1, 0.15) is 8.07 Å². The normalized spacial score (nSPS) is 12.0. The highest BCUT2D eigenvalue weighted by Gasteiger charge is 2.41. The maximum Gasteiger partial charge on any atom is 0.146 e. The van der Waals surface area contributed by atoms with Gasteiger partial charge in [0.05, 0.1) is 0 Å². The maximum absolute atomic E-state index is 6.61. The van der Waals surface area contributed by atoms with Crippen molar-refractivity contribution in [1.82, 2.24) is 0 Å². The summed E-state index contributed by atoms with van der Waals surface area (Å²) in [7, 11) is -1.75. The summed E-state index contributed by atoms with van der Waals surface area (Å²) in [5.41, 5.74) is 17.6. The highest BCUT2D eigenvalue weighted by atomic mass is 28.3. The van der Waals surface area contributed by atoms with E-state index in [1.165, 1.54) is 93.7 Å². The van der Waals surface area contributed by atoms with Crippen LogP contribution in [-0.2, 0) is 12.8 Å². The number of aryl methyl sites for hydroxylation is 2. The van der Waals surface area contributed by atoms with E-state index in [-0.39, 0.29) is 0 Å². The summed E-state index contributed by atoms with van der Waals surface area (Å²) < 4.78 is 0. The van der Waals surface area contributed by atoms with Gasteiger partial charge in [0, 0.05) is 11.3 Å². The van der Waals surface area contributed by atoms with Gasteiger partial charge in [0.2, 0.25) is 0 Å². The lowest BCUT2D eigenvalue weighted by Gasteiger charge is -2.38. The summed E-state index contributed by atoms with van der Waals surface area (Å²) in [6.07, 6.45) is 18.1. The molecule has 0 amide bonds. The Morgan fingerprint density at radius 1 is 0.629 bits per heavy atom. The van der Waals surface area contributed by atoms with Crippen LogP contribution in [0.2, 0.25) is 16.6 Å². The molecule has 0 fully saturated rings. The fourth-order valence-corrected chi connectivity index (χ4v) is 11.3. The molecule has 0 atom stereocenters. The van der Waals surface area contributed by atoms with Crippen molar-refractivity contribution in [3.05, 3.63) is 28.8 Å². The van der Waals surface area contributed by atoms with Crippen LogP contribution >= 0.6 is 0 Å². The molecule has 1 aromatic carbocycles. The smallest absolute Gasteiger partial charge is 0.146 e. The molecule has 0 aromatic heterocycles. The number of nitrogen functional groups attached to an aromatic ring is 1. The van der Waals surface area contributed by atoms with Crippen LogP contribution in [0.25, 0.3) is 0 Å². The van der Waals surface area contributed by atoms with E-state index in [9.17, 15) is 0 Å². The van der Waals surface area contributed by atoms with Gasteiger partial charge in [-0.1, -0.05) is 126 Å². The zero-order valence-electron chi connectivity index (χ0n) is 24.9. The number of benzene rings is 1. The van der Waals surface area contributed by atoms with Crippen molar-refractivity contribution in [1.29, 1.82) is 0 Å². The zero-order valence-corrected chi connectivity index (χ0v) is 25.9. The quantitative estimate of drug-likeness (QED) is 0.0984. The summed E-state index contributed by atoms with van der Waals surface area (Å²) in [4.78, 5) is 0. The molecule has 1 rings (SSSR count). The molecule has 35 heavy (non-hydrogen) atoms. The van der Waals surface area contributed by atoms with Crippen LogP contribution < -0.4 is 5.73 Å². The molecule has 0 bridgehead atoms. The minimum atomic E-state index is -1.75. The van der Waals surface area contributed by atoms with Gasteiger partial charge < -0.3 is 5.73 Å². The molecule has 0 aliphatic carbocycles. The molecule has 0 radical (unpaired) electrons. The van der Waals surface area contributed by atoms with E-state index in [2.05, 4.69) is 79.0 Å². The van der Waals surface area contributed by atoms with E-state index in [1.807, 2.05) is 0 Å². The third kappa shape index (κ3) is 10.4. The Hall–Kier alpha value is -1.20. The van der Waals surface area contributed by atoms with Crippen molar-refractivity contribution in [2.24, 2.45) is 0 Å². The topological polar surface area (TPSA) is 26.0 Å². The van der Waals surface area contributed by atoms with Gasteiger partial charge in [-0.2, -0.15) is 0 Å². The summed E-state index contributed by atoms with van der Waals surface area (Å²) >= 11 is 0. The molecule has 0 saturated carbocycles. The number of nitrogens with two attached hydrogens (primary N) is 1. The van der Waals surface area contributed by atoms with Gasteiger partial charge in [-0.05, 0) is 65.6 Å². The lowest BCUT2D eigenvalue weighted by atomic mass is 9.95. The Morgan fingerprint density at radius 2 is 1.06 bits per heavy atom. The summed E-state index contributed by atoms with van der Waals surface area (Å²) in [5, 5.41) is 0. The average Bonchev–Trinajstić information content (AvgIpc) is 2.80. The first-order valence-corrected chi connectivity index (χ1v) is 17.4. The van der Waals surface area contributed by atoms with Crippen molar-refractivity contribution in [2.45, 2.75) is 162 Å². The first-order chi connectivity index (χ1) is 16.7. The Balaban J connectivity index is 3.17. The van der Waals surface area contributed by atoms with Crippen LogP contribution in [-0.4, -0.2) is 8.07 Å². The number of anilines is 1. The molecule has 0 unspecified atom stereocenters. The molecular weight excluding hydrogens is 438 g/mol. The second-order valence-corrected chi connectivity index (χ2v) is 17.5. The molecule has 0 heterocycles. The van der Waals surface area contributed by atoms with Gasteiger partial charge >= 0.3 is 0 Å². The van der Waals surface area contributed by atoms with Crippen LogP contribution in [0.5, 0.6) is 0 Å². The largest absolute Gasteiger partial charge is 0.398 e. The summed E-state index contributed by atoms with van der Waals surface area (Å²) in [5.74, 6) is 3.80. The lowest BCUT2D eigenvalue weighted by molar-refractivity contribution is 0.606. The first kappa shape index (κ1) is 31.8. The molecule has 2 heteroatoms. The lowest BCUT2D eigenvalue weighted by Crippen LogP contribution is -2.43. The predicted molar refractivity (Wildman–Crippen MR) is 163 cm³/mol. The Bertz CT molecular complexity index is 744. The second kappa shape index (κ2) is 17.3. The molecule has 1 nitrogen and oxygen atoms in total. The molecule has 0 saturated heterocycles. The Morgan fingerprint density at radius 3 is 1.51 bits per heavy atom. The molecule has 0 aliphatic heterocycles. The minimum Gasteiger partial charge on any atom is -0.398 e. The van der Waals surface area contributed by atoms with E-state index in [0.29, 0.717) is 16.6 Å². The van der Waals surface area contributed by atoms with Crippen LogP contribution in [0, 0.1) is 11.5 Å². The monoisotopic (exact) mass is 497 g/mol. The van der Waals surface area contributed by atoms with Crippen LogP contribution in [0.4, 0.5) is 5.69 Å². The SMILES string of the molecule is CCCCCCCCc1cc(C#C[Si](C(C)C)(C(C)C)C(C)C)c(CCCCCCCC)cc1N. The highest BCUT2D eigenvalue weighted by Crippen LogP contribution is 2.41. The van der Waals surface area contributed by atoms with E-state index >= 15 is 0 Å². The van der Waals surface area contributed by atoms with Crippen molar-refractivity contribution in [3.8, 4) is 11.5 Å². The predicted octanol–water partition coefficient (Wildman–Crippen LogP) is 10.6. The van der Waals surface area contributed by atoms with Crippen molar-refractivity contribution in [2.75, 3.05) is 5.73 Å². The van der Waals surface area contributed by atoms with Gasteiger partial charge in [-0.15, -0.1) is 5.54 Å². The molecular formula is C33H59NSi. The number of rotatable bonds is 17. The van der Waals surface area contributed by atoms with Crippen LogP contribution in [0.3, 0.4) is 0 Å². The van der Waals surface area contributed by atoms with Crippen molar-refractivity contribution in [3.63, 3.8) is 0 Å². The standard InChI is InChI=1S/C33H59NSi/c1-9-11-13-15-17-19-21-30-26-33(34)32(22-20-18-16-14-12-10-2)25-31(30)23-24-35(27(3)4,28(5)6)29(7)8/h25-29H,9-22,34H2,1-8H3. The van der Waals surface area contributed by atoms with E-state index < -0.39 is 8.07 Å². The summed E-state index contributed by atoms with van der Waals surface area (Å²) in [6.45, 7) is 19.0. The van der Waals surface area contributed by atoms with Gasteiger partial charge in [-0.3, -0.25) is 0 Å². The van der Waals surface area contributed by atoms with Crippen molar-refractivity contribution < 1.29 is 0 Å². The van der Waals surface area contributed by atoms with E-state index in [0.717, 1.165) is 18.5 Å². The molecule has 0 spiro atoms. The fourth-order valence-electron chi connectivity index (χ4n) is 6.05. The number of unbranched alkanes of at least 4 members (excludes halogenated alkanes) is 10. The first-order valence-electron chi connectivity index (χ1n) is 15.1. The molecule has 0 aliphatic rings. The van der Waals surface area contributed by atoms with Gasteiger partial charge in [-0.25, -0.2) is 0 Å². The molecule has 200 valence electrons. The average molecular weight is 498 g/mol. The molecule has 2 N–H and O–H groups in total. The highest BCUT2D eigenvalue weighted by molar-refractivity contribution is 6.90. The zero-order chi connectivity index (χ0) is 26.3. The second-order valence-electron chi connectivity index (χ2n) is 11.9. The third-order valence-electron chi connectivity index (χ3n) is 8.24. The Labute approximate surface area is 221 Å². The van der Waals surface area contributed by atoms with Crippen LogP contribution in [0.1, 0.15) is 149 Å². The summed E-state index contributed by atoms with van der Waals surface area (Å²) in [6, 6.07) is 4.66. The van der Waals surface area contributed by atoms with Gasteiger partial charge in [0.15, 0.2) is 0 Å². The van der Waals surface area contributed by atoms with Crippen LogP contribution in [0.15, 0.2) is 12.1 Å². The minimum absolute atomic E-state index is 0.661. The van der Waals surface area contributed by atoms with E-state index in [1.54, 1.807) is 0 Å². The van der Waals surface area contributed by atoms with Crippen molar-refractivity contribution >= 4 is 13.8 Å². The molecule has 1 aromatic rings. The maximum atomic E-state index is 6.61.